The van der Waals surface area contributed by atoms with Gasteiger partial charge in [0.15, 0.2) is 5.16 Å². The van der Waals surface area contributed by atoms with Crippen LogP contribution < -0.4 is 10.5 Å². The number of thioether (sulfide) groups is 1. The molecule has 0 spiro atoms. The first-order chi connectivity index (χ1) is 7.65. The first-order valence-electron chi connectivity index (χ1n) is 4.49. The Morgan fingerprint density at radius 2 is 2.19 bits per heavy atom. The van der Waals surface area contributed by atoms with Crippen LogP contribution >= 0.6 is 11.8 Å². The predicted octanol–water partition coefficient (Wildman–Crippen LogP) is 0.118. The Kier molecular flexibility index (Phi) is 4.77. The van der Waals surface area contributed by atoms with E-state index in [2.05, 4.69) is 15.0 Å². The fraction of sp³-hybridized carbons (Fsp3) is 0.500. The topological polar surface area (TPSA) is 100 Å². The fourth-order valence-corrected chi connectivity index (χ4v) is 1.47. The molecule has 0 atom stereocenters. The number of nitrogens with zero attached hydrogens (tertiary/aromatic N) is 3. The van der Waals surface area contributed by atoms with E-state index in [9.17, 15) is 4.79 Å². The lowest BCUT2D eigenvalue weighted by Crippen LogP contribution is -2.08. The Morgan fingerprint density at radius 1 is 1.44 bits per heavy atom. The van der Waals surface area contributed by atoms with E-state index in [-0.39, 0.29) is 23.7 Å². The number of nitrogens with two attached hydrogens (primary N) is 1. The van der Waals surface area contributed by atoms with Crippen molar-refractivity contribution in [2.75, 3.05) is 25.2 Å². The third kappa shape index (κ3) is 3.89. The number of hydrogen-bond acceptors (Lipinski definition) is 8. The molecule has 88 valence electrons. The molecule has 0 aliphatic carbocycles. The summed E-state index contributed by atoms with van der Waals surface area (Å²) in [5.74, 6) is -0.149. The maximum atomic E-state index is 11.1. The Balaban J connectivity index is 2.59. The van der Waals surface area contributed by atoms with Gasteiger partial charge in [-0.1, -0.05) is 11.8 Å². The van der Waals surface area contributed by atoms with E-state index in [0.29, 0.717) is 11.8 Å². The summed E-state index contributed by atoms with van der Waals surface area (Å²) in [6.07, 6.45) is 0. The summed E-state index contributed by atoms with van der Waals surface area (Å²) in [6, 6.07) is 0.124. The molecule has 1 rings (SSSR count). The number of ether oxygens (including phenoxy) is 2. The second kappa shape index (κ2) is 6.11. The van der Waals surface area contributed by atoms with Crippen LogP contribution in [0.4, 0.5) is 5.95 Å². The Hall–Kier alpha value is -1.57. The van der Waals surface area contributed by atoms with Crippen LogP contribution in [-0.2, 0) is 9.53 Å². The Bertz CT molecular complexity index is 374. The van der Waals surface area contributed by atoms with Gasteiger partial charge in [0.05, 0.1) is 19.5 Å². The standard InChI is InChI=1S/C8H12N4O3S/c1-3-15-5(13)4-16-8-11-6(9)10-7(12-8)14-2/h3-4H2,1-2H3,(H2,9,10,11,12). The molecule has 0 aromatic carbocycles. The molecule has 0 unspecified atom stereocenters. The van der Waals surface area contributed by atoms with Gasteiger partial charge in [-0.25, -0.2) is 0 Å². The molecule has 0 aliphatic rings. The molecule has 1 aromatic heterocycles. The van der Waals surface area contributed by atoms with Crippen molar-refractivity contribution in [3.05, 3.63) is 0 Å². The van der Waals surface area contributed by atoms with Crippen LogP contribution in [0.5, 0.6) is 6.01 Å². The van der Waals surface area contributed by atoms with Gasteiger partial charge in [-0.3, -0.25) is 4.79 Å². The van der Waals surface area contributed by atoms with E-state index in [1.165, 1.54) is 7.11 Å². The van der Waals surface area contributed by atoms with Gasteiger partial charge in [-0.15, -0.1) is 0 Å². The molecule has 0 saturated heterocycles. The number of nitrogen functional groups attached to an aromatic ring is 1. The summed E-state index contributed by atoms with van der Waals surface area (Å²) in [4.78, 5) is 22.6. The van der Waals surface area contributed by atoms with Crippen LogP contribution in [0.3, 0.4) is 0 Å². The quantitative estimate of drug-likeness (QED) is 0.575. The van der Waals surface area contributed by atoms with Gasteiger partial charge in [-0.2, -0.15) is 15.0 Å². The average molecular weight is 244 g/mol. The number of aromatic nitrogens is 3. The lowest BCUT2D eigenvalue weighted by atomic mass is 10.8. The monoisotopic (exact) mass is 244 g/mol. The summed E-state index contributed by atoms with van der Waals surface area (Å²) < 4.78 is 9.58. The number of rotatable bonds is 5. The van der Waals surface area contributed by atoms with E-state index < -0.39 is 0 Å². The smallest absolute Gasteiger partial charge is 0.321 e. The molecule has 0 amide bonds. The normalized spacial score (nSPS) is 9.88. The molecule has 0 radical (unpaired) electrons. The molecule has 16 heavy (non-hydrogen) atoms. The molecule has 0 bridgehead atoms. The van der Waals surface area contributed by atoms with Crippen LogP contribution in [-0.4, -0.2) is 40.4 Å². The number of anilines is 1. The van der Waals surface area contributed by atoms with Crippen molar-refractivity contribution in [3.8, 4) is 6.01 Å². The van der Waals surface area contributed by atoms with E-state index >= 15 is 0 Å². The zero-order valence-corrected chi connectivity index (χ0v) is 9.78. The van der Waals surface area contributed by atoms with Crippen molar-refractivity contribution in [1.29, 1.82) is 0 Å². The molecular weight excluding hydrogens is 232 g/mol. The predicted molar refractivity (Wildman–Crippen MR) is 58.1 cm³/mol. The fourth-order valence-electron chi connectivity index (χ4n) is 0.835. The first-order valence-corrected chi connectivity index (χ1v) is 5.48. The van der Waals surface area contributed by atoms with E-state index in [1.807, 2.05) is 0 Å². The van der Waals surface area contributed by atoms with Gasteiger partial charge in [0.2, 0.25) is 5.95 Å². The van der Waals surface area contributed by atoms with Gasteiger partial charge in [-0.05, 0) is 6.92 Å². The Morgan fingerprint density at radius 3 is 2.81 bits per heavy atom. The maximum absolute atomic E-state index is 11.1. The second-order valence-corrected chi connectivity index (χ2v) is 3.50. The first kappa shape index (κ1) is 12.5. The van der Waals surface area contributed by atoms with E-state index in [4.69, 9.17) is 15.2 Å². The van der Waals surface area contributed by atoms with Gasteiger partial charge in [0.25, 0.3) is 0 Å². The van der Waals surface area contributed by atoms with Crippen molar-refractivity contribution in [3.63, 3.8) is 0 Å². The van der Waals surface area contributed by atoms with Crippen molar-refractivity contribution in [2.45, 2.75) is 12.1 Å². The molecule has 7 nitrogen and oxygen atoms in total. The van der Waals surface area contributed by atoms with Crippen molar-refractivity contribution >= 4 is 23.7 Å². The summed E-state index contributed by atoms with van der Waals surface area (Å²) in [5.41, 5.74) is 5.43. The largest absolute Gasteiger partial charge is 0.467 e. The van der Waals surface area contributed by atoms with Gasteiger partial charge >= 0.3 is 12.0 Å². The highest BCUT2D eigenvalue weighted by Crippen LogP contribution is 2.16. The molecule has 0 aliphatic heterocycles. The highest BCUT2D eigenvalue weighted by molar-refractivity contribution is 7.99. The molecular formula is C8H12N4O3S. The molecule has 0 saturated carbocycles. The number of carbonyl (C=O) groups excluding carboxylic acids is 1. The third-order valence-corrected chi connectivity index (χ3v) is 2.24. The van der Waals surface area contributed by atoms with Gasteiger partial charge in [0, 0.05) is 0 Å². The number of methoxy groups -OCH3 is 1. The molecule has 8 heteroatoms. The van der Waals surface area contributed by atoms with Crippen LogP contribution in [0.25, 0.3) is 0 Å². The number of carbonyl (C=O) groups is 1. The summed E-state index contributed by atoms with van der Waals surface area (Å²) in [6.45, 7) is 2.09. The number of hydrogen-bond donors (Lipinski definition) is 1. The summed E-state index contributed by atoms with van der Waals surface area (Å²) in [7, 11) is 1.43. The molecule has 1 aromatic rings. The van der Waals surface area contributed by atoms with Crippen LogP contribution in [0, 0.1) is 0 Å². The zero-order chi connectivity index (χ0) is 12.0. The third-order valence-electron chi connectivity index (χ3n) is 1.42. The van der Waals surface area contributed by atoms with Crippen LogP contribution in [0.1, 0.15) is 6.92 Å². The highest BCUT2D eigenvalue weighted by Gasteiger charge is 2.08. The van der Waals surface area contributed by atoms with E-state index in [0.717, 1.165) is 11.8 Å². The minimum Gasteiger partial charge on any atom is -0.467 e. The van der Waals surface area contributed by atoms with Gasteiger partial charge in [0.1, 0.15) is 0 Å². The van der Waals surface area contributed by atoms with Crippen molar-refractivity contribution < 1.29 is 14.3 Å². The number of esters is 1. The van der Waals surface area contributed by atoms with Gasteiger partial charge < -0.3 is 15.2 Å². The molecule has 2 N–H and O–H groups in total. The average Bonchev–Trinajstić information content (AvgIpc) is 2.26. The van der Waals surface area contributed by atoms with E-state index in [1.54, 1.807) is 6.92 Å². The summed E-state index contributed by atoms with van der Waals surface area (Å²) >= 11 is 1.12. The minimum atomic E-state index is -0.328. The second-order valence-electron chi connectivity index (χ2n) is 2.56. The highest BCUT2D eigenvalue weighted by atomic mass is 32.2. The lowest BCUT2D eigenvalue weighted by Gasteiger charge is -2.03. The van der Waals surface area contributed by atoms with Crippen molar-refractivity contribution in [1.82, 2.24) is 15.0 Å². The molecule has 1 heterocycles. The van der Waals surface area contributed by atoms with Crippen LogP contribution in [0.2, 0.25) is 0 Å². The maximum Gasteiger partial charge on any atom is 0.321 e. The zero-order valence-electron chi connectivity index (χ0n) is 8.97. The van der Waals surface area contributed by atoms with Crippen molar-refractivity contribution in [2.24, 2.45) is 0 Å². The molecule has 0 fully saturated rings. The SMILES string of the molecule is CCOC(=O)CSc1nc(N)nc(OC)n1. The lowest BCUT2D eigenvalue weighted by molar-refractivity contribution is -0.139. The summed E-state index contributed by atoms with van der Waals surface area (Å²) in [5, 5.41) is 0.331. The minimum absolute atomic E-state index is 0.0539. The Labute approximate surface area is 96.8 Å². The van der Waals surface area contributed by atoms with Crippen LogP contribution in [0.15, 0.2) is 5.16 Å².